The van der Waals surface area contributed by atoms with Crippen molar-refractivity contribution in [1.82, 2.24) is 15.1 Å². The van der Waals surface area contributed by atoms with Crippen LogP contribution in [0.15, 0.2) is 42.6 Å². The van der Waals surface area contributed by atoms with E-state index < -0.39 is 0 Å². The number of aromatic nitrogens is 2. The van der Waals surface area contributed by atoms with Crippen molar-refractivity contribution < 1.29 is 0 Å². The quantitative estimate of drug-likeness (QED) is 0.873. The van der Waals surface area contributed by atoms with Crippen molar-refractivity contribution in [3.63, 3.8) is 0 Å². The second-order valence-electron chi connectivity index (χ2n) is 4.78. The lowest BCUT2D eigenvalue weighted by Crippen LogP contribution is -2.33. The molecular weight excluding hydrogens is 222 g/mol. The largest absolute Gasteiger partial charge is 0.316 e. The highest BCUT2D eigenvalue weighted by Gasteiger charge is 2.18. The van der Waals surface area contributed by atoms with Gasteiger partial charge in [0.1, 0.15) is 0 Å². The zero-order valence-electron chi connectivity index (χ0n) is 11.3. The molecule has 0 fully saturated rings. The molecule has 0 aliphatic rings. The van der Waals surface area contributed by atoms with Crippen molar-refractivity contribution in [3.8, 4) is 0 Å². The number of hydrogen-bond acceptors (Lipinski definition) is 2. The Kier molecular flexibility index (Phi) is 4.15. The molecule has 2 rings (SSSR count). The lowest BCUT2D eigenvalue weighted by Gasteiger charge is -2.23. The van der Waals surface area contributed by atoms with Crippen molar-refractivity contribution in [3.05, 3.63) is 53.9 Å². The average Bonchev–Trinajstić information content (AvgIpc) is 2.82. The van der Waals surface area contributed by atoms with Crippen LogP contribution in [0.3, 0.4) is 0 Å². The number of likely N-dealkylation sites (N-methyl/N-ethyl adjacent to an activating group) is 1. The van der Waals surface area contributed by atoms with E-state index in [9.17, 15) is 0 Å². The Labute approximate surface area is 109 Å². The summed E-state index contributed by atoms with van der Waals surface area (Å²) in [6, 6.07) is 13.1. The van der Waals surface area contributed by atoms with Crippen molar-refractivity contribution in [2.45, 2.75) is 25.3 Å². The number of hydrogen-bond donors (Lipinski definition) is 1. The van der Waals surface area contributed by atoms with E-state index in [4.69, 9.17) is 0 Å². The zero-order chi connectivity index (χ0) is 13.0. The van der Waals surface area contributed by atoms with E-state index in [0.29, 0.717) is 12.0 Å². The van der Waals surface area contributed by atoms with Crippen LogP contribution in [0.1, 0.15) is 24.1 Å². The van der Waals surface area contributed by atoms with E-state index in [0.717, 1.165) is 12.1 Å². The van der Waals surface area contributed by atoms with E-state index in [1.54, 1.807) is 0 Å². The summed E-state index contributed by atoms with van der Waals surface area (Å²) in [7, 11) is 3.98. The third-order valence-corrected chi connectivity index (χ3v) is 3.50. The van der Waals surface area contributed by atoms with Gasteiger partial charge in [-0.1, -0.05) is 37.3 Å². The van der Waals surface area contributed by atoms with Gasteiger partial charge in [0.05, 0.1) is 5.69 Å². The maximum absolute atomic E-state index is 4.45. The summed E-state index contributed by atoms with van der Waals surface area (Å²) in [6.07, 6.45) is 2.95. The van der Waals surface area contributed by atoms with Gasteiger partial charge in [-0.05, 0) is 24.6 Å². The molecule has 1 aromatic carbocycles. The monoisotopic (exact) mass is 243 g/mol. The molecule has 2 aromatic rings. The third-order valence-electron chi connectivity index (χ3n) is 3.50. The van der Waals surface area contributed by atoms with Crippen LogP contribution in [0.5, 0.6) is 0 Å². The maximum atomic E-state index is 4.45. The zero-order valence-corrected chi connectivity index (χ0v) is 11.3. The van der Waals surface area contributed by atoms with Crippen molar-refractivity contribution in [1.29, 1.82) is 0 Å². The van der Waals surface area contributed by atoms with E-state index in [2.05, 4.69) is 53.7 Å². The lowest BCUT2D eigenvalue weighted by molar-refractivity contribution is 0.476. The second-order valence-corrected chi connectivity index (χ2v) is 4.78. The number of aryl methyl sites for hydroxylation is 1. The SMILES string of the molecule is CNC(Cc1ccn(C)n1)C(C)c1ccccc1. The average molecular weight is 243 g/mol. The minimum atomic E-state index is 0.405. The molecule has 2 atom stereocenters. The third kappa shape index (κ3) is 2.99. The molecule has 0 aliphatic carbocycles. The van der Waals surface area contributed by atoms with Crippen LogP contribution in [-0.4, -0.2) is 22.9 Å². The summed E-state index contributed by atoms with van der Waals surface area (Å²) in [5, 5.41) is 7.86. The first-order valence-electron chi connectivity index (χ1n) is 6.41. The van der Waals surface area contributed by atoms with Gasteiger partial charge in [0.15, 0.2) is 0 Å². The van der Waals surface area contributed by atoms with Crippen LogP contribution in [0.4, 0.5) is 0 Å². The Morgan fingerprint density at radius 2 is 1.94 bits per heavy atom. The van der Waals surface area contributed by atoms with Crippen LogP contribution in [-0.2, 0) is 13.5 Å². The minimum Gasteiger partial charge on any atom is -0.316 e. The molecule has 1 N–H and O–H groups in total. The van der Waals surface area contributed by atoms with Crippen LogP contribution in [0.25, 0.3) is 0 Å². The standard InChI is InChI=1S/C15H21N3/c1-12(13-7-5-4-6-8-13)15(16-2)11-14-9-10-18(3)17-14/h4-10,12,15-16H,11H2,1-3H3. The molecule has 0 radical (unpaired) electrons. The molecule has 1 aromatic heterocycles. The van der Waals surface area contributed by atoms with E-state index in [1.807, 2.05) is 25.0 Å². The Morgan fingerprint density at radius 3 is 2.50 bits per heavy atom. The smallest absolute Gasteiger partial charge is 0.0640 e. The minimum absolute atomic E-state index is 0.405. The molecule has 1 heterocycles. The highest BCUT2D eigenvalue weighted by Crippen LogP contribution is 2.21. The van der Waals surface area contributed by atoms with Gasteiger partial charge < -0.3 is 5.32 Å². The number of nitrogens with zero attached hydrogens (tertiary/aromatic N) is 2. The van der Waals surface area contributed by atoms with Gasteiger partial charge in [-0.3, -0.25) is 4.68 Å². The van der Waals surface area contributed by atoms with E-state index in [1.165, 1.54) is 5.56 Å². The van der Waals surface area contributed by atoms with Gasteiger partial charge in [0, 0.05) is 25.7 Å². The fourth-order valence-electron chi connectivity index (χ4n) is 2.32. The highest BCUT2D eigenvalue weighted by molar-refractivity contribution is 5.21. The molecule has 0 amide bonds. The fourth-order valence-corrected chi connectivity index (χ4v) is 2.32. The number of benzene rings is 1. The first-order chi connectivity index (χ1) is 8.70. The molecule has 0 bridgehead atoms. The normalized spacial score (nSPS) is 14.4. The predicted octanol–water partition coefficient (Wildman–Crippen LogP) is 2.35. The van der Waals surface area contributed by atoms with Gasteiger partial charge in [0.25, 0.3) is 0 Å². The van der Waals surface area contributed by atoms with E-state index >= 15 is 0 Å². The lowest BCUT2D eigenvalue weighted by atomic mass is 9.90. The molecule has 2 unspecified atom stereocenters. The summed E-state index contributed by atoms with van der Waals surface area (Å²) >= 11 is 0. The summed E-state index contributed by atoms with van der Waals surface area (Å²) in [5.41, 5.74) is 2.51. The van der Waals surface area contributed by atoms with Gasteiger partial charge in [-0.2, -0.15) is 5.10 Å². The van der Waals surface area contributed by atoms with Gasteiger partial charge >= 0.3 is 0 Å². The molecule has 18 heavy (non-hydrogen) atoms. The summed E-state index contributed by atoms with van der Waals surface area (Å²) in [4.78, 5) is 0. The van der Waals surface area contributed by atoms with Gasteiger partial charge in [-0.15, -0.1) is 0 Å². The Hall–Kier alpha value is -1.61. The molecule has 96 valence electrons. The van der Waals surface area contributed by atoms with Crippen molar-refractivity contribution in [2.24, 2.45) is 7.05 Å². The Balaban J connectivity index is 2.09. The van der Waals surface area contributed by atoms with Gasteiger partial charge in [-0.25, -0.2) is 0 Å². The van der Waals surface area contributed by atoms with Crippen LogP contribution in [0, 0.1) is 0 Å². The summed E-state index contributed by atoms with van der Waals surface area (Å²) in [6.45, 7) is 2.26. The molecular formula is C15H21N3. The van der Waals surface area contributed by atoms with Crippen LogP contribution in [0.2, 0.25) is 0 Å². The maximum Gasteiger partial charge on any atom is 0.0640 e. The van der Waals surface area contributed by atoms with Crippen molar-refractivity contribution in [2.75, 3.05) is 7.05 Å². The van der Waals surface area contributed by atoms with E-state index in [-0.39, 0.29) is 0 Å². The topological polar surface area (TPSA) is 29.9 Å². The molecule has 3 nitrogen and oxygen atoms in total. The predicted molar refractivity (Wildman–Crippen MR) is 74.6 cm³/mol. The van der Waals surface area contributed by atoms with Crippen LogP contribution >= 0.6 is 0 Å². The molecule has 0 aliphatic heterocycles. The highest BCUT2D eigenvalue weighted by atomic mass is 15.2. The van der Waals surface area contributed by atoms with Gasteiger partial charge in [0.2, 0.25) is 0 Å². The second kappa shape index (κ2) is 5.83. The first-order valence-corrected chi connectivity index (χ1v) is 6.41. The molecule has 3 heteroatoms. The Morgan fingerprint density at radius 1 is 1.22 bits per heavy atom. The Bertz CT molecular complexity index is 475. The first kappa shape index (κ1) is 12.8. The van der Waals surface area contributed by atoms with Crippen LogP contribution < -0.4 is 5.32 Å². The molecule has 0 spiro atoms. The summed E-state index contributed by atoms with van der Waals surface area (Å²) < 4.78 is 1.86. The molecule has 0 saturated carbocycles. The van der Waals surface area contributed by atoms with Crippen molar-refractivity contribution >= 4 is 0 Å². The molecule has 0 saturated heterocycles. The number of rotatable bonds is 5. The number of nitrogens with one attached hydrogen (secondary N) is 1. The summed E-state index contributed by atoms with van der Waals surface area (Å²) in [5.74, 6) is 0.471. The fraction of sp³-hybridized carbons (Fsp3) is 0.400.